The van der Waals surface area contributed by atoms with Gasteiger partial charge in [-0.05, 0) is 43.5 Å². The van der Waals surface area contributed by atoms with Crippen molar-refractivity contribution in [1.82, 2.24) is 19.9 Å². The summed E-state index contributed by atoms with van der Waals surface area (Å²) in [6, 6.07) is 7.46. The summed E-state index contributed by atoms with van der Waals surface area (Å²) in [5.74, 6) is 2.47. The van der Waals surface area contributed by atoms with Gasteiger partial charge in [0, 0.05) is 50.5 Å². The van der Waals surface area contributed by atoms with Gasteiger partial charge in [-0.15, -0.1) is 0 Å². The Morgan fingerprint density at radius 1 is 1.10 bits per heavy atom. The average Bonchev–Trinajstić information content (AvgIpc) is 3.21. The third kappa shape index (κ3) is 4.63. The second kappa shape index (κ2) is 9.28. The maximum absolute atomic E-state index is 12.5. The van der Waals surface area contributed by atoms with Crippen LogP contribution >= 0.6 is 0 Å². The average molecular weight is 412 g/mol. The summed E-state index contributed by atoms with van der Waals surface area (Å²) >= 11 is 0. The summed E-state index contributed by atoms with van der Waals surface area (Å²) in [6.07, 6.45) is 4.87. The topological polar surface area (TPSA) is 88.8 Å². The van der Waals surface area contributed by atoms with Crippen LogP contribution in [0.2, 0.25) is 0 Å². The van der Waals surface area contributed by atoms with E-state index in [1.54, 1.807) is 7.11 Å². The maximum atomic E-state index is 12.5. The molecule has 1 aliphatic carbocycles. The molecular weight excluding hydrogens is 384 g/mol. The largest absolute Gasteiger partial charge is 0.497 e. The molecule has 0 bridgehead atoms. The van der Waals surface area contributed by atoms with E-state index in [0.717, 1.165) is 30.6 Å². The van der Waals surface area contributed by atoms with E-state index in [1.165, 1.54) is 0 Å². The van der Waals surface area contributed by atoms with Gasteiger partial charge in [0.05, 0.1) is 7.11 Å². The van der Waals surface area contributed by atoms with Crippen LogP contribution in [0.3, 0.4) is 0 Å². The third-order valence-corrected chi connectivity index (χ3v) is 6.00. The highest BCUT2D eigenvalue weighted by atomic mass is 16.5. The number of aromatic nitrogens is 2. The normalized spacial score (nSPS) is 17.0. The summed E-state index contributed by atoms with van der Waals surface area (Å²) in [5.41, 5.74) is 0.858. The number of aryl methyl sites for hydroxylation is 1. The fourth-order valence-electron chi connectivity index (χ4n) is 3.85. The number of piperazine rings is 1. The predicted molar refractivity (Wildman–Crippen MR) is 110 cm³/mol. The number of ether oxygens (including phenoxy) is 1. The van der Waals surface area contributed by atoms with E-state index in [-0.39, 0.29) is 17.7 Å². The molecule has 2 aliphatic rings. The van der Waals surface area contributed by atoms with Gasteiger partial charge in [0.15, 0.2) is 0 Å². The van der Waals surface area contributed by atoms with Crippen LogP contribution in [0.15, 0.2) is 28.8 Å². The molecule has 8 heteroatoms. The van der Waals surface area contributed by atoms with Crippen molar-refractivity contribution >= 4 is 11.8 Å². The van der Waals surface area contributed by atoms with Crippen LogP contribution < -0.4 is 4.74 Å². The minimum Gasteiger partial charge on any atom is -0.497 e. The van der Waals surface area contributed by atoms with Crippen LogP contribution in [-0.4, -0.2) is 65.0 Å². The van der Waals surface area contributed by atoms with Crippen LogP contribution in [-0.2, 0) is 16.0 Å². The molecule has 1 aromatic heterocycles. The SMILES string of the molecule is COc1ccc(-c2noc(CCCC(=O)N3CCN(C(=O)C4CCC4)CC3)n2)cc1. The second-order valence-corrected chi connectivity index (χ2v) is 7.93. The predicted octanol–water partition coefficient (Wildman–Crippen LogP) is 2.54. The number of hydrogen-bond donors (Lipinski definition) is 0. The summed E-state index contributed by atoms with van der Waals surface area (Å²) in [4.78, 5) is 33.0. The molecule has 30 heavy (non-hydrogen) atoms. The van der Waals surface area contributed by atoms with E-state index < -0.39 is 0 Å². The summed E-state index contributed by atoms with van der Waals surface area (Å²) in [7, 11) is 1.62. The molecule has 2 fully saturated rings. The quantitative estimate of drug-likeness (QED) is 0.694. The van der Waals surface area contributed by atoms with Crippen LogP contribution in [0, 0.1) is 5.92 Å². The van der Waals surface area contributed by atoms with Gasteiger partial charge in [-0.1, -0.05) is 11.6 Å². The van der Waals surface area contributed by atoms with Crippen LogP contribution in [0.25, 0.3) is 11.4 Å². The van der Waals surface area contributed by atoms with Gasteiger partial charge in [0.1, 0.15) is 5.75 Å². The lowest BCUT2D eigenvalue weighted by molar-refractivity contribution is -0.144. The summed E-state index contributed by atoms with van der Waals surface area (Å²) < 4.78 is 10.5. The highest BCUT2D eigenvalue weighted by molar-refractivity contribution is 5.80. The van der Waals surface area contributed by atoms with E-state index in [2.05, 4.69) is 10.1 Å². The van der Waals surface area contributed by atoms with E-state index >= 15 is 0 Å². The molecule has 160 valence electrons. The molecule has 0 atom stereocenters. The summed E-state index contributed by atoms with van der Waals surface area (Å²) in [5, 5.41) is 4.02. The Morgan fingerprint density at radius 2 is 1.80 bits per heavy atom. The second-order valence-electron chi connectivity index (χ2n) is 7.93. The number of hydrogen-bond acceptors (Lipinski definition) is 6. The van der Waals surface area contributed by atoms with Crippen molar-refractivity contribution in [2.75, 3.05) is 33.3 Å². The Morgan fingerprint density at radius 3 is 2.43 bits per heavy atom. The number of amides is 2. The molecule has 0 spiro atoms. The molecule has 8 nitrogen and oxygen atoms in total. The first-order chi connectivity index (χ1) is 14.6. The molecule has 1 aliphatic heterocycles. The van der Waals surface area contributed by atoms with Crippen molar-refractivity contribution in [2.24, 2.45) is 5.92 Å². The molecule has 1 saturated heterocycles. The Hall–Kier alpha value is -2.90. The zero-order valence-electron chi connectivity index (χ0n) is 17.4. The number of rotatable bonds is 7. The van der Waals surface area contributed by atoms with Crippen LogP contribution in [0.1, 0.15) is 38.0 Å². The lowest BCUT2D eigenvalue weighted by Gasteiger charge is -2.38. The minimum atomic E-state index is 0.126. The van der Waals surface area contributed by atoms with E-state index in [9.17, 15) is 9.59 Å². The van der Waals surface area contributed by atoms with E-state index in [0.29, 0.717) is 57.2 Å². The first-order valence-corrected chi connectivity index (χ1v) is 10.7. The summed E-state index contributed by atoms with van der Waals surface area (Å²) in [6.45, 7) is 2.55. The zero-order valence-corrected chi connectivity index (χ0v) is 17.4. The van der Waals surface area contributed by atoms with Gasteiger partial charge in [0.25, 0.3) is 0 Å². The zero-order chi connectivity index (χ0) is 20.9. The molecular formula is C22H28N4O4. The number of carbonyl (C=O) groups excluding carboxylic acids is 2. The Balaban J connectivity index is 1.19. The van der Waals surface area contributed by atoms with Crippen molar-refractivity contribution in [2.45, 2.75) is 38.5 Å². The molecule has 2 aromatic rings. The van der Waals surface area contributed by atoms with Crippen molar-refractivity contribution < 1.29 is 18.8 Å². The van der Waals surface area contributed by atoms with Gasteiger partial charge in [-0.2, -0.15) is 4.98 Å². The standard InChI is InChI=1S/C22H28N4O4/c1-29-18-10-8-16(9-11-18)21-23-19(30-24-21)6-3-7-20(27)25-12-14-26(15-13-25)22(28)17-4-2-5-17/h8-11,17H,2-7,12-15H2,1H3. The molecule has 1 saturated carbocycles. The molecule has 4 rings (SSSR count). The maximum Gasteiger partial charge on any atom is 0.226 e. The Bertz CT molecular complexity index is 868. The van der Waals surface area contributed by atoms with Crippen molar-refractivity contribution in [3.05, 3.63) is 30.2 Å². The number of methoxy groups -OCH3 is 1. The number of nitrogens with zero attached hydrogens (tertiary/aromatic N) is 4. The molecule has 2 heterocycles. The highest BCUT2D eigenvalue weighted by Crippen LogP contribution is 2.28. The monoisotopic (exact) mass is 412 g/mol. The Labute approximate surface area is 176 Å². The van der Waals surface area contributed by atoms with E-state index in [1.807, 2.05) is 34.1 Å². The first-order valence-electron chi connectivity index (χ1n) is 10.7. The van der Waals surface area contributed by atoms with Gasteiger partial charge >= 0.3 is 0 Å². The van der Waals surface area contributed by atoms with Crippen LogP contribution in [0.5, 0.6) is 5.75 Å². The molecule has 1 aromatic carbocycles. The smallest absolute Gasteiger partial charge is 0.226 e. The lowest BCUT2D eigenvalue weighted by Crippen LogP contribution is -2.52. The fourth-order valence-corrected chi connectivity index (χ4v) is 3.85. The van der Waals surface area contributed by atoms with Gasteiger partial charge in [-0.3, -0.25) is 9.59 Å². The van der Waals surface area contributed by atoms with Gasteiger partial charge in [-0.25, -0.2) is 0 Å². The van der Waals surface area contributed by atoms with Gasteiger partial charge < -0.3 is 19.1 Å². The minimum absolute atomic E-state index is 0.126. The number of carbonyl (C=O) groups is 2. The van der Waals surface area contributed by atoms with Crippen molar-refractivity contribution in [3.63, 3.8) is 0 Å². The molecule has 0 unspecified atom stereocenters. The van der Waals surface area contributed by atoms with Crippen molar-refractivity contribution in [1.29, 1.82) is 0 Å². The third-order valence-electron chi connectivity index (χ3n) is 6.00. The first kappa shape index (κ1) is 20.4. The van der Waals surface area contributed by atoms with Crippen molar-refractivity contribution in [3.8, 4) is 17.1 Å². The molecule has 0 N–H and O–H groups in total. The molecule has 2 amide bonds. The fraction of sp³-hybridized carbons (Fsp3) is 0.545. The number of benzene rings is 1. The Kier molecular flexibility index (Phi) is 6.30. The molecule has 0 radical (unpaired) electrons. The lowest BCUT2D eigenvalue weighted by atomic mass is 9.84. The van der Waals surface area contributed by atoms with Gasteiger partial charge in [0.2, 0.25) is 23.5 Å². The van der Waals surface area contributed by atoms with E-state index in [4.69, 9.17) is 9.26 Å². The van der Waals surface area contributed by atoms with Crippen LogP contribution in [0.4, 0.5) is 0 Å². The highest BCUT2D eigenvalue weighted by Gasteiger charge is 2.31.